The van der Waals surface area contributed by atoms with Gasteiger partial charge in [-0.1, -0.05) is 0 Å². The fourth-order valence-electron chi connectivity index (χ4n) is 2.20. The number of halogens is 3. The molecule has 0 amide bonds. The van der Waals surface area contributed by atoms with E-state index < -0.39 is 11.7 Å². The van der Waals surface area contributed by atoms with E-state index in [-0.39, 0.29) is 0 Å². The van der Waals surface area contributed by atoms with Crippen LogP contribution in [0.5, 0.6) is 5.75 Å². The van der Waals surface area contributed by atoms with Crippen molar-refractivity contribution in [2.24, 2.45) is 0 Å². The number of hydrogen-bond donors (Lipinski definition) is 1. The zero-order valence-electron chi connectivity index (χ0n) is 10.9. The van der Waals surface area contributed by atoms with Crippen molar-refractivity contribution < 1.29 is 17.9 Å². The van der Waals surface area contributed by atoms with Crippen LogP contribution in [0.1, 0.15) is 5.56 Å². The van der Waals surface area contributed by atoms with E-state index in [9.17, 15) is 13.2 Å². The summed E-state index contributed by atoms with van der Waals surface area (Å²) in [6.45, 7) is 0. The standard InChI is InChI=1S/C14H10F3N3O/c1-21-13-7-18-3-2-9(13)10-4-8(14(15,16)17)5-12-11(10)6-19-20-12/h2-7H,1H3,(H,19,20). The van der Waals surface area contributed by atoms with Gasteiger partial charge in [0.2, 0.25) is 0 Å². The fourth-order valence-corrected chi connectivity index (χ4v) is 2.20. The Balaban J connectivity index is 2.33. The van der Waals surface area contributed by atoms with E-state index in [4.69, 9.17) is 4.74 Å². The highest BCUT2D eigenvalue weighted by Gasteiger charge is 2.32. The Morgan fingerprint density at radius 2 is 1.95 bits per heavy atom. The Hall–Kier alpha value is -2.57. The number of hydrogen-bond acceptors (Lipinski definition) is 3. The van der Waals surface area contributed by atoms with Gasteiger partial charge in [-0.2, -0.15) is 18.3 Å². The maximum Gasteiger partial charge on any atom is 0.416 e. The van der Waals surface area contributed by atoms with Gasteiger partial charge in [-0.3, -0.25) is 10.1 Å². The minimum Gasteiger partial charge on any atom is -0.494 e. The van der Waals surface area contributed by atoms with Gasteiger partial charge in [0.25, 0.3) is 0 Å². The first kappa shape index (κ1) is 13.4. The van der Waals surface area contributed by atoms with Gasteiger partial charge in [0, 0.05) is 17.1 Å². The van der Waals surface area contributed by atoms with Crippen molar-refractivity contribution in [3.8, 4) is 16.9 Å². The third kappa shape index (κ3) is 2.31. The minimum atomic E-state index is -4.44. The minimum absolute atomic E-state index is 0.318. The molecule has 4 nitrogen and oxygen atoms in total. The zero-order chi connectivity index (χ0) is 15.0. The number of fused-ring (bicyclic) bond motifs is 1. The van der Waals surface area contributed by atoms with Crippen LogP contribution in [0.25, 0.3) is 22.0 Å². The molecule has 2 heterocycles. The van der Waals surface area contributed by atoms with Gasteiger partial charge in [0.05, 0.1) is 30.6 Å². The topological polar surface area (TPSA) is 50.8 Å². The van der Waals surface area contributed by atoms with Crippen molar-refractivity contribution >= 4 is 10.9 Å². The quantitative estimate of drug-likeness (QED) is 0.784. The molecule has 0 atom stereocenters. The molecule has 0 saturated heterocycles. The fraction of sp³-hybridized carbons (Fsp3) is 0.143. The lowest BCUT2D eigenvalue weighted by Gasteiger charge is -2.12. The van der Waals surface area contributed by atoms with Gasteiger partial charge < -0.3 is 4.74 Å². The molecular formula is C14H10F3N3O. The molecule has 0 fully saturated rings. The summed E-state index contributed by atoms with van der Waals surface area (Å²) < 4.78 is 44.2. The average Bonchev–Trinajstić information content (AvgIpc) is 2.93. The highest BCUT2D eigenvalue weighted by molar-refractivity contribution is 5.96. The monoisotopic (exact) mass is 293 g/mol. The Bertz CT molecular complexity index is 796. The normalized spacial score (nSPS) is 11.8. The highest BCUT2D eigenvalue weighted by Crippen LogP contribution is 2.39. The Morgan fingerprint density at radius 1 is 1.14 bits per heavy atom. The van der Waals surface area contributed by atoms with Crippen molar-refractivity contribution in [3.05, 3.63) is 42.4 Å². The molecule has 0 aliphatic rings. The molecular weight excluding hydrogens is 283 g/mol. The van der Waals surface area contributed by atoms with Crippen molar-refractivity contribution in [1.82, 2.24) is 15.2 Å². The number of pyridine rings is 1. The van der Waals surface area contributed by atoms with E-state index in [0.29, 0.717) is 27.8 Å². The van der Waals surface area contributed by atoms with E-state index >= 15 is 0 Å². The summed E-state index contributed by atoms with van der Waals surface area (Å²) in [6, 6.07) is 3.75. The lowest BCUT2D eigenvalue weighted by Crippen LogP contribution is -2.05. The summed E-state index contributed by atoms with van der Waals surface area (Å²) in [5.41, 5.74) is 0.504. The molecule has 0 aliphatic heterocycles. The first-order valence-corrected chi connectivity index (χ1v) is 6.03. The van der Waals surface area contributed by atoms with Crippen LogP contribution in [0.3, 0.4) is 0 Å². The van der Waals surface area contributed by atoms with Crippen LogP contribution < -0.4 is 4.74 Å². The largest absolute Gasteiger partial charge is 0.494 e. The zero-order valence-corrected chi connectivity index (χ0v) is 10.9. The van der Waals surface area contributed by atoms with Gasteiger partial charge in [-0.15, -0.1) is 0 Å². The number of aromatic amines is 1. The molecule has 21 heavy (non-hydrogen) atoms. The van der Waals surface area contributed by atoms with Crippen LogP contribution in [-0.2, 0) is 6.18 Å². The first-order chi connectivity index (χ1) is 10.0. The van der Waals surface area contributed by atoms with E-state index in [0.717, 1.165) is 12.1 Å². The van der Waals surface area contributed by atoms with E-state index in [2.05, 4.69) is 15.2 Å². The third-order valence-corrected chi connectivity index (χ3v) is 3.18. The number of methoxy groups -OCH3 is 1. The van der Waals surface area contributed by atoms with Crippen molar-refractivity contribution in [1.29, 1.82) is 0 Å². The second-order valence-corrected chi connectivity index (χ2v) is 4.43. The molecule has 0 radical (unpaired) electrons. The average molecular weight is 293 g/mol. The number of ether oxygens (including phenoxy) is 1. The molecule has 108 valence electrons. The van der Waals surface area contributed by atoms with Gasteiger partial charge in [-0.25, -0.2) is 0 Å². The Labute approximate surface area is 117 Å². The Morgan fingerprint density at radius 3 is 2.67 bits per heavy atom. The maximum atomic E-state index is 13.0. The highest BCUT2D eigenvalue weighted by atomic mass is 19.4. The molecule has 0 aliphatic carbocycles. The molecule has 3 aromatic rings. The van der Waals surface area contributed by atoms with E-state index in [1.165, 1.54) is 25.7 Å². The van der Waals surface area contributed by atoms with Crippen LogP contribution >= 0.6 is 0 Å². The van der Waals surface area contributed by atoms with Crippen LogP contribution in [-0.4, -0.2) is 22.3 Å². The summed E-state index contributed by atoms with van der Waals surface area (Å²) in [4.78, 5) is 3.91. The number of nitrogens with zero attached hydrogens (tertiary/aromatic N) is 2. The summed E-state index contributed by atoms with van der Waals surface area (Å²) in [5.74, 6) is 0.402. The number of alkyl halides is 3. The molecule has 7 heteroatoms. The predicted octanol–water partition coefficient (Wildman–Crippen LogP) is 3.65. The number of aromatic nitrogens is 3. The summed E-state index contributed by atoms with van der Waals surface area (Å²) in [7, 11) is 1.45. The van der Waals surface area contributed by atoms with Crippen LogP contribution in [0.15, 0.2) is 36.8 Å². The summed E-state index contributed by atoms with van der Waals surface area (Å²) in [5, 5.41) is 6.98. The second kappa shape index (κ2) is 4.76. The molecule has 0 bridgehead atoms. The van der Waals surface area contributed by atoms with Crippen LogP contribution in [0.4, 0.5) is 13.2 Å². The number of rotatable bonds is 2. The second-order valence-electron chi connectivity index (χ2n) is 4.43. The summed E-state index contributed by atoms with van der Waals surface area (Å²) in [6.07, 6.45) is 0.0184. The van der Waals surface area contributed by atoms with Gasteiger partial charge in [-0.05, 0) is 23.8 Å². The lowest BCUT2D eigenvalue weighted by atomic mass is 9.99. The number of H-pyrrole nitrogens is 1. The number of nitrogens with one attached hydrogen (secondary N) is 1. The van der Waals surface area contributed by atoms with Crippen LogP contribution in [0.2, 0.25) is 0 Å². The third-order valence-electron chi connectivity index (χ3n) is 3.18. The van der Waals surface area contributed by atoms with Gasteiger partial charge in [0.1, 0.15) is 5.75 Å². The molecule has 0 spiro atoms. The Kier molecular flexibility index (Phi) is 3.04. The molecule has 0 saturated carbocycles. The molecule has 3 rings (SSSR count). The van der Waals surface area contributed by atoms with Gasteiger partial charge >= 0.3 is 6.18 Å². The molecule has 2 aromatic heterocycles. The van der Waals surface area contributed by atoms with Crippen molar-refractivity contribution in [2.45, 2.75) is 6.18 Å². The molecule has 1 aromatic carbocycles. The van der Waals surface area contributed by atoms with Crippen molar-refractivity contribution in [3.63, 3.8) is 0 Å². The maximum absolute atomic E-state index is 13.0. The lowest BCUT2D eigenvalue weighted by molar-refractivity contribution is -0.137. The molecule has 1 N–H and O–H groups in total. The first-order valence-electron chi connectivity index (χ1n) is 6.03. The predicted molar refractivity (Wildman–Crippen MR) is 70.9 cm³/mol. The van der Waals surface area contributed by atoms with E-state index in [1.807, 2.05) is 0 Å². The number of benzene rings is 1. The van der Waals surface area contributed by atoms with Gasteiger partial charge in [0.15, 0.2) is 0 Å². The molecule has 0 unspecified atom stereocenters. The smallest absolute Gasteiger partial charge is 0.416 e. The SMILES string of the molecule is COc1cnccc1-c1cc(C(F)(F)F)cc2[nH]ncc12. The van der Waals surface area contributed by atoms with Crippen LogP contribution in [0, 0.1) is 0 Å². The van der Waals surface area contributed by atoms with Crippen molar-refractivity contribution in [2.75, 3.05) is 7.11 Å². The summed E-state index contributed by atoms with van der Waals surface area (Å²) >= 11 is 0. The van der Waals surface area contributed by atoms with E-state index in [1.54, 1.807) is 6.07 Å².